The van der Waals surface area contributed by atoms with Crippen molar-refractivity contribution < 1.29 is 75.4 Å². The second-order valence-electron chi connectivity index (χ2n) is 5.26. The van der Waals surface area contributed by atoms with E-state index in [0.717, 1.165) is 12.5 Å². The SMILES string of the molecule is CN=C(NNC(=O)C(F)(F)C(F)(F)C(F)(F)C(F)(F)C(F)(F)C(F)(F)C(F)(F)F)OC. The molecule has 0 heterocycles. The summed E-state index contributed by atoms with van der Waals surface area (Å²) in [4.78, 5) is 14.0. The zero-order valence-corrected chi connectivity index (χ0v) is 14.4. The number of ether oxygens (including phenoxy) is 1. The lowest BCUT2D eigenvalue weighted by Crippen LogP contribution is -2.74. The summed E-state index contributed by atoms with van der Waals surface area (Å²) >= 11 is 0. The molecule has 0 aromatic rings. The minimum Gasteiger partial charge on any atom is -0.467 e. The van der Waals surface area contributed by atoms with Gasteiger partial charge in [0.1, 0.15) is 0 Å². The number of alkyl halides is 15. The summed E-state index contributed by atoms with van der Waals surface area (Å²) in [5.41, 5.74) is 1.61. The van der Waals surface area contributed by atoms with Gasteiger partial charge in [-0.2, -0.15) is 65.9 Å². The average Bonchev–Trinajstić information content (AvgIpc) is 2.60. The van der Waals surface area contributed by atoms with Crippen LogP contribution in [-0.4, -0.2) is 67.8 Å². The van der Waals surface area contributed by atoms with Gasteiger partial charge in [0.05, 0.1) is 7.11 Å². The van der Waals surface area contributed by atoms with E-state index in [1.54, 1.807) is 0 Å². The largest absolute Gasteiger partial charge is 0.467 e. The Morgan fingerprint density at radius 1 is 0.645 bits per heavy atom. The van der Waals surface area contributed by atoms with Crippen LogP contribution in [-0.2, 0) is 9.53 Å². The highest BCUT2D eigenvalue weighted by molar-refractivity contribution is 5.87. The van der Waals surface area contributed by atoms with Gasteiger partial charge < -0.3 is 4.74 Å². The number of amidine groups is 1. The minimum atomic E-state index is -8.47. The van der Waals surface area contributed by atoms with Gasteiger partial charge in [0.2, 0.25) is 0 Å². The maximum Gasteiger partial charge on any atom is 0.460 e. The second kappa shape index (κ2) is 7.99. The molecule has 0 aromatic carbocycles. The molecular formula is C11H8F15N3O2. The van der Waals surface area contributed by atoms with Crippen LogP contribution in [0.4, 0.5) is 65.9 Å². The van der Waals surface area contributed by atoms with Gasteiger partial charge in [0.25, 0.3) is 0 Å². The number of carbonyl (C=O) groups is 1. The lowest BCUT2D eigenvalue weighted by atomic mass is 9.91. The van der Waals surface area contributed by atoms with Crippen LogP contribution in [0, 0.1) is 0 Å². The van der Waals surface area contributed by atoms with Crippen LogP contribution in [0.15, 0.2) is 4.99 Å². The fraction of sp³-hybridized carbons (Fsp3) is 0.818. The molecule has 0 aliphatic heterocycles. The highest BCUT2D eigenvalue weighted by atomic mass is 19.4. The molecule has 2 N–H and O–H groups in total. The number of carbonyl (C=O) groups excluding carboxylic acids is 1. The summed E-state index contributed by atoms with van der Waals surface area (Å²) in [6.45, 7) is 0. The van der Waals surface area contributed by atoms with Gasteiger partial charge in [-0.15, -0.1) is 0 Å². The van der Waals surface area contributed by atoms with Crippen molar-refractivity contribution in [1.29, 1.82) is 0 Å². The summed E-state index contributed by atoms with van der Waals surface area (Å²) in [5.74, 6) is -52.0. The average molecular weight is 499 g/mol. The van der Waals surface area contributed by atoms with E-state index >= 15 is 0 Å². The van der Waals surface area contributed by atoms with E-state index in [4.69, 9.17) is 0 Å². The Kier molecular flexibility index (Phi) is 7.39. The van der Waals surface area contributed by atoms with Crippen LogP contribution in [0.25, 0.3) is 0 Å². The Morgan fingerprint density at radius 3 is 1.32 bits per heavy atom. The Labute approximate surface area is 160 Å². The first-order valence-corrected chi connectivity index (χ1v) is 6.82. The first kappa shape index (κ1) is 28.7. The van der Waals surface area contributed by atoms with E-state index in [2.05, 4.69) is 9.73 Å². The normalized spacial score (nSPS) is 15.6. The van der Waals surface area contributed by atoms with Crippen LogP contribution in [0.1, 0.15) is 0 Å². The number of nitrogens with zero attached hydrogens (tertiary/aromatic N) is 1. The number of hydrazine groups is 1. The molecule has 0 saturated heterocycles. The molecule has 0 saturated carbocycles. The van der Waals surface area contributed by atoms with Crippen LogP contribution in [0.2, 0.25) is 0 Å². The molecule has 0 rings (SSSR count). The van der Waals surface area contributed by atoms with Gasteiger partial charge in [-0.1, -0.05) is 0 Å². The summed E-state index contributed by atoms with van der Waals surface area (Å²) in [6, 6.07) is -0.985. The third kappa shape index (κ3) is 4.11. The molecule has 20 heteroatoms. The number of halogens is 15. The van der Waals surface area contributed by atoms with E-state index in [0.29, 0.717) is 12.5 Å². The highest BCUT2D eigenvalue weighted by Crippen LogP contribution is 2.62. The lowest BCUT2D eigenvalue weighted by Gasteiger charge is -2.41. The van der Waals surface area contributed by atoms with E-state index in [1.807, 2.05) is 0 Å². The maximum atomic E-state index is 13.4. The number of nitrogens with one attached hydrogen (secondary N) is 2. The third-order valence-corrected chi connectivity index (χ3v) is 3.29. The van der Waals surface area contributed by atoms with Gasteiger partial charge in [0, 0.05) is 7.05 Å². The predicted octanol–water partition coefficient (Wildman–Crippen LogP) is 3.61. The van der Waals surface area contributed by atoms with Gasteiger partial charge in [-0.05, 0) is 0 Å². The van der Waals surface area contributed by atoms with Crippen molar-refractivity contribution in [3.8, 4) is 0 Å². The lowest BCUT2D eigenvalue weighted by molar-refractivity contribution is -0.449. The van der Waals surface area contributed by atoms with E-state index < -0.39 is 53.6 Å². The molecule has 0 bridgehead atoms. The highest BCUT2D eigenvalue weighted by Gasteiger charge is 2.94. The topological polar surface area (TPSA) is 62.7 Å². The summed E-state index contributed by atoms with van der Waals surface area (Å²) in [7, 11) is 1.52. The fourth-order valence-corrected chi connectivity index (χ4v) is 1.50. The molecule has 0 aliphatic carbocycles. The van der Waals surface area contributed by atoms with Crippen molar-refractivity contribution in [3.63, 3.8) is 0 Å². The van der Waals surface area contributed by atoms with Crippen molar-refractivity contribution in [3.05, 3.63) is 0 Å². The predicted molar refractivity (Wildman–Crippen MR) is 67.4 cm³/mol. The fourth-order valence-electron chi connectivity index (χ4n) is 1.50. The number of hydrogen-bond donors (Lipinski definition) is 2. The van der Waals surface area contributed by atoms with E-state index in [9.17, 15) is 70.7 Å². The molecule has 0 radical (unpaired) electrons. The number of rotatable bonds is 6. The van der Waals surface area contributed by atoms with Crippen molar-refractivity contribution in [2.45, 2.75) is 41.7 Å². The molecular weight excluding hydrogens is 491 g/mol. The third-order valence-electron chi connectivity index (χ3n) is 3.29. The summed E-state index contributed by atoms with van der Waals surface area (Å²) in [5, 5.41) is 0. The standard InChI is InChI=1S/C11H8F15N3O2/c1-27-4(31-2)29-28-3(30)5(12,13)6(14,15)7(16,17)8(18,19)9(20,21)10(22,23)11(24,25)26/h1-2H3,(H,27,29)(H,28,30). The molecule has 0 atom stereocenters. The molecule has 0 aromatic heterocycles. The number of methoxy groups -OCH3 is 1. The molecule has 0 fully saturated rings. The van der Waals surface area contributed by atoms with E-state index in [-0.39, 0.29) is 0 Å². The molecule has 1 amide bonds. The van der Waals surface area contributed by atoms with Gasteiger partial charge in [-0.25, -0.2) is 4.99 Å². The number of aliphatic imine (C=N–C) groups is 1. The van der Waals surface area contributed by atoms with Crippen molar-refractivity contribution in [2.24, 2.45) is 4.99 Å². The van der Waals surface area contributed by atoms with Gasteiger partial charge in [-0.3, -0.25) is 15.6 Å². The molecule has 0 unspecified atom stereocenters. The van der Waals surface area contributed by atoms with Crippen LogP contribution < -0.4 is 10.9 Å². The molecule has 184 valence electrons. The zero-order valence-electron chi connectivity index (χ0n) is 14.4. The van der Waals surface area contributed by atoms with Gasteiger partial charge in [0.15, 0.2) is 0 Å². The van der Waals surface area contributed by atoms with Crippen LogP contribution >= 0.6 is 0 Å². The van der Waals surface area contributed by atoms with Crippen molar-refractivity contribution in [1.82, 2.24) is 10.9 Å². The summed E-state index contributed by atoms with van der Waals surface area (Å²) < 4.78 is 198. The summed E-state index contributed by atoms with van der Waals surface area (Å²) in [6.07, 6.45) is -7.70. The monoisotopic (exact) mass is 499 g/mol. The maximum absolute atomic E-state index is 13.4. The molecule has 5 nitrogen and oxygen atoms in total. The smallest absolute Gasteiger partial charge is 0.460 e. The number of hydrogen-bond acceptors (Lipinski definition) is 3. The van der Waals surface area contributed by atoms with Crippen molar-refractivity contribution >= 4 is 11.9 Å². The van der Waals surface area contributed by atoms with Crippen molar-refractivity contribution in [2.75, 3.05) is 14.2 Å². The van der Waals surface area contributed by atoms with E-state index in [1.165, 1.54) is 0 Å². The Balaban J connectivity index is 6.34. The van der Waals surface area contributed by atoms with Crippen LogP contribution in [0.5, 0.6) is 0 Å². The minimum absolute atomic E-state index is 0.479. The first-order chi connectivity index (χ1) is 13.4. The first-order valence-electron chi connectivity index (χ1n) is 6.82. The molecule has 31 heavy (non-hydrogen) atoms. The van der Waals surface area contributed by atoms with Crippen LogP contribution in [0.3, 0.4) is 0 Å². The number of amides is 1. The Morgan fingerprint density at radius 2 is 1.00 bits per heavy atom. The zero-order chi connectivity index (χ0) is 25.5. The molecule has 0 aliphatic rings. The molecule has 0 spiro atoms. The second-order valence-corrected chi connectivity index (χ2v) is 5.26. The Hall–Kier alpha value is -2.31. The van der Waals surface area contributed by atoms with Gasteiger partial charge >= 0.3 is 53.6 Å². The Bertz CT molecular complexity index is 701. The quantitative estimate of drug-likeness (QED) is 0.254.